The molecule has 0 unspecified atom stereocenters. The minimum absolute atomic E-state index is 0.0886. The number of thiazole rings is 1. The quantitative estimate of drug-likeness (QED) is 0.709. The number of hydrogen-bond acceptors (Lipinski definition) is 5. The molecular formula is C16H31N3OS. The molecule has 0 radical (unpaired) electrons. The normalized spacial score (nSPS) is 11.9. The van der Waals surface area contributed by atoms with Crippen molar-refractivity contribution in [2.45, 2.75) is 52.5 Å². The highest BCUT2D eigenvalue weighted by atomic mass is 32.1. The Labute approximate surface area is 133 Å². The molecule has 0 aliphatic rings. The van der Waals surface area contributed by atoms with Crippen LogP contribution in [-0.4, -0.2) is 38.8 Å². The second-order valence-corrected chi connectivity index (χ2v) is 7.52. The van der Waals surface area contributed by atoms with Crippen molar-refractivity contribution in [2.24, 2.45) is 0 Å². The van der Waals surface area contributed by atoms with E-state index in [4.69, 9.17) is 9.72 Å². The Kier molecular flexibility index (Phi) is 7.63. The number of nitrogens with zero attached hydrogens (tertiary/aromatic N) is 2. The van der Waals surface area contributed by atoms with Crippen LogP contribution in [0.3, 0.4) is 0 Å². The summed E-state index contributed by atoms with van der Waals surface area (Å²) in [6, 6.07) is 0. The minimum atomic E-state index is 0.0886. The molecular weight excluding hydrogens is 282 g/mol. The van der Waals surface area contributed by atoms with E-state index >= 15 is 0 Å². The van der Waals surface area contributed by atoms with Gasteiger partial charge in [-0.05, 0) is 19.4 Å². The van der Waals surface area contributed by atoms with E-state index in [9.17, 15) is 0 Å². The number of anilines is 1. The Bertz CT molecular complexity index is 412. The van der Waals surface area contributed by atoms with Crippen molar-refractivity contribution in [1.82, 2.24) is 10.3 Å². The van der Waals surface area contributed by atoms with E-state index in [0.29, 0.717) is 0 Å². The van der Waals surface area contributed by atoms with Gasteiger partial charge in [0.15, 0.2) is 5.13 Å². The average Bonchev–Trinajstić information content (AvgIpc) is 2.83. The third-order valence-corrected chi connectivity index (χ3v) is 4.45. The summed E-state index contributed by atoms with van der Waals surface area (Å²) in [5.41, 5.74) is 1.32. The lowest BCUT2D eigenvalue weighted by Gasteiger charge is -2.18. The van der Waals surface area contributed by atoms with Crippen LogP contribution >= 0.6 is 11.3 Å². The van der Waals surface area contributed by atoms with Gasteiger partial charge in [-0.1, -0.05) is 27.7 Å². The molecule has 0 spiro atoms. The molecule has 0 amide bonds. The summed E-state index contributed by atoms with van der Waals surface area (Å²) < 4.78 is 5.12. The predicted octanol–water partition coefficient (Wildman–Crippen LogP) is 3.41. The van der Waals surface area contributed by atoms with Crippen molar-refractivity contribution < 1.29 is 4.74 Å². The van der Waals surface area contributed by atoms with Crippen LogP contribution in [0.5, 0.6) is 0 Å². The molecule has 0 saturated heterocycles. The summed E-state index contributed by atoms with van der Waals surface area (Å²) in [5.74, 6) is 0. The van der Waals surface area contributed by atoms with Gasteiger partial charge in [-0.3, -0.25) is 0 Å². The molecule has 0 bridgehead atoms. The summed E-state index contributed by atoms with van der Waals surface area (Å²) in [5, 5.41) is 4.62. The molecule has 1 rings (SSSR count). The van der Waals surface area contributed by atoms with E-state index in [1.54, 1.807) is 7.11 Å². The van der Waals surface area contributed by atoms with Gasteiger partial charge in [-0.15, -0.1) is 11.3 Å². The molecule has 0 aliphatic carbocycles. The smallest absolute Gasteiger partial charge is 0.185 e. The minimum Gasteiger partial charge on any atom is -0.385 e. The lowest BCUT2D eigenvalue weighted by atomic mass is 9.91. The van der Waals surface area contributed by atoms with Gasteiger partial charge < -0.3 is 15.0 Å². The maximum Gasteiger partial charge on any atom is 0.185 e. The SMILES string of the molecule is CCCNCc1sc(N(C)CCCOC)nc1C(C)(C)C. The van der Waals surface area contributed by atoms with Gasteiger partial charge in [-0.2, -0.15) is 0 Å². The molecule has 122 valence electrons. The average molecular weight is 314 g/mol. The highest BCUT2D eigenvalue weighted by Crippen LogP contribution is 2.33. The first-order valence-corrected chi connectivity index (χ1v) is 8.62. The Balaban J connectivity index is 2.81. The third-order valence-electron chi connectivity index (χ3n) is 3.28. The predicted molar refractivity (Wildman–Crippen MR) is 92.6 cm³/mol. The molecule has 1 aromatic rings. The molecule has 21 heavy (non-hydrogen) atoms. The van der Waals surface area contributed by atoms with Crippen molar-refractivity contribution in [3.05, 3.63) is 10.6 Å². The number of nitrogens with one attached hydrogen (secondary N) is 1. The molecule has 0 fully saturated rings. The van der Waals surface area contributed by atoms with Crippen LogP contribution in [0.2, 0.25) is 0 Å². The second kappa shape index (κ2) is 8.71. The summed E-state index contributed by atoms with van der Waals surface area (Å²) in [4.78, 5) is 8.51. The zero-order valence-corrected chi connectivity index (χ0v) is 15.3. The van der Waals surface area contributed by atoms with E-state index in [0.717, 1.165) is 44.2 Å². The van der Waals surface area contributed by atoms with Gasteiger partial charge in [0.05, 0.1) is 5.69 Å². The Morgan fingerprint density at radius 1 is 1.33 bits per heavy atom. The van der Waals surface area contributed by atoms with Gasteiger partial charge in [0.25, 0.3) is 0 Å². The Morgan fingerprint density at radius 2 is 2.05 bits per heavy atom. The highest BCUT2D eigenvalue weighted by molar-refractivity contribution is 7.15. The van der Waals surface area contributed by atoms with Gasteiger partial charge in [0, 0.05) is 44.1 Å². The van der Waals surface area contributed by atoms with Gasteiger partial charge in [0.1, 0.15) is 0 Å². The number of aromatic nitrogens is 1. The number of ether oxygens (including phenoxy) is 1. The van der Waals surface area contributed by atoms with Crippen molar-refractivity contribution in [2.75, 3.05) is 38.8 Å². The number of methoxy groups -OCH3 is 1. The zero-order chi connectivity index (χ0) is 15.9. The lowest BCUT2D eigenvalue weighted by molar-refractivity contribution is 0.196. The molecule has 1 heterocycles. The summed E-state index contributed by atoms with van der Waals surface area (Å²) in [6.07, 6.45) is 2.19. The molecule has 0 atom stereocenters. The lowest BCUT2D eigenvalue weighted by Crippen LogP contribution is -2.21. The van der Waals surface area contributed by atoms with Crippen LogP contribution in [0.4, 0.5) is 5.13 Å². The summed E-state index contributed by atoms with van der Waals surface area (Å²) in [6.45, 7) is 12.7. The first-order valence-electron chi connectivity index (χ1n) is 7.81. The van der Waals surface area contributed by atoms with E-state index in [1.165, 1.54) is 10.6 Å². The molecule has 0 aromatic carbocycles. The fraction of sp³-hybridized carbons (Fsp3) is 0.812. The molecule has 0 saturated carbocycles. The number of rotatable bonds is 9. The molecule has 4 nitrogen and oxygen atoms in total. The summed E-state index contributed by atoms with van der Waals surface area (Å²) in [7, 11) is 3.86. The first kappa shape index (κ1) is 18.4. The van der Waals surface area contributed by atoms with Crippen LogP contribution in [0.15, 0.2) is 0 Å². The molecule has 5 heteroatoms. The Hall–Kier alpha value is -0.650. The van der Waals surface area contributed by atoms with Crippen LogP contribution in [0.25, 0.3) is 0 Å². The highest BCUT2D eigenvalue weighted by Gasteiger charge is 2.24. The maximum absolute atomic E-state index is 5.12. The molecule has 1 aromatic heterocycles. The van der Waals surface area contributed by atoms with Crippen LogP contribution < -0.4 is 10.2 Å². The third kappa shape index (κ3) is 5.93. The summed E-state index contributed by atoms with van der Waals surface area (Å²) >= 11 is 1.81. The van der Waals surface area contributed by atoms with Crippen LogP contribution in [-0.2, 0) is 16.7 Å². The largest absolute Gasteiger partial charge is 0.385 e. The Morgan fingerprint density at radius 3 is 2.62 bits per heavy atom. The van der Waals surface area contributed by atoms with Crippen LogP contribution in [0, 0.1) is 0 Å². The van der Waals surface area contributed by atoms with E-state index in [-0.39, 0.29) is 5.41 Å². The fourth-order valence-corrected chi connectivity index (χ4v) is 3.36. The van der Waals surface area contributed by atoms with Gasteiger partial charge >= 0.3 is 0 Å². The standard InChI is InChI=1S/C16H31N3OS/c1-7-9-17-12-13-14(16(2,3)4)18-15(21-13)19(5)10-8-11-20-6/h17H,7-12H2,1-6H3. The molecule has 1 N–H and O–H groups in total. The van der Waals surface area contributed by atoms with Crippen molar-refractivity contribution in [3.8, 4) is 0 Å². The van der Waals surface area contributed by atoms with Crippen LogP contribution in [0.1, 0.15) is 51.1 Å². The zero-order valence-electron chi connectivity index (χ0n) is 14.5. The fourth-order valence-electron chi connectivity index (χ4n) is 2.13. The maximum atomic E-state index is 5.12. The first-order chi connectivity index (χ1) is 9.90. The molecule has 0 aliphatic heterocycles. The number of hydrogen-bond donors (Lipinski definition) is 1. The second-order valence-electron chi connectivity index (χ2n) is 6.46. The topological polar surface area (TPSA) is 37.4 Å². The van der Waals surface area contributed by atoms with Gasteiger partial charge in [-0.25, -0.2) is 4.98 Å². The monoisotopic (exact) mass is 313 g/mol. The van der Waals surface area contributed by atoms with E-state index in [2.05, 4.69) is 45.0 Å². The van der Waals surface area contributed by atoms with E-state index in [1.807, 2.05) is 11.3 Å². The van der Waals surface area contributed by atoms with Crippen molar-refractivity contribution in [1.29, 1.82) is 0 Å². The van der Waals surface area contributed by atoms with E-state index < -0.39 is 0 Å². The van der Waals surface area contributed by atoms with Crippen molar-refractivity contribution in [3.63, 3.8) is 0 Å². The van der Waals surface area contributed by atoms with Crippen molar-refractivity contribution >= 4 is 16.5 Å². The van der Waals surface area contributed by atoms with Gasteiger partial charge in [0.2, 0.25) is 0 Å².